The number of halogens is 1. The molecule has 0 unspecified atom stereocenters. The first-order valence-corrected chi connectivity index (χ1v) is 11.3. The molecule has 6 nitrogen and oxygen atoms in total. The third-order valence-electron chi connectivity index (χ3n) is 5.41. The molecular weight excluding hydrogens is 458 g/mol. The molecule has 1 aromatic heterocycles. The number of aromatic nitrogens is 1. The normalized spacial score (nSPS) is 14.8. The molecule has 2 heterocycles. The summed E-state index contributed by atoms with van der Waals surface area (Å²) in [6, 6.07) is 14.3. The molecule has 4 rings (SSSR count). The number of piperazine rings is 1. The maximum Gasteiger partial charge on any atom is 0.410 e. The Morgan fingerprint density at radius 3 is 2.39 bits per heavy atom. The van der Waals surface area contributed by atoms with Crippen molar-refractivity contribution in [2.45, 2.75) is 32.9 Å². The van der Waals surface area contributed by atoms with E-state index < -0.39 is 5.60 Å². The first kappa shape index (κ1) is 21.6. The van der Waals surface area contributed by atoms with Gasteiger partial charge in [-0.15, -0.1) is 0 Å². The Balaban J connectivity index is 1.46. The van der Waals surface area contributed by atoms with Gasteiger partial charge in [-0.3, -0.25) is 0 Å². The van der Waals surface area contributed by atoms with E-state index in [1.165, 1.54) is 0 Å². The molecule has 2 aromatic carbocycles. The monoisotopic (exact) mass is 485 g/mol. The standard InChI is InChI=1S/C24H28BrN3O3/c1-24(2,3)31-23(30)27-12-10-26(11-13-27)20-9-6-18-16-28(22(29)21(18)14-20)15-17-4-7-19(25)8-5-17/h4-9,14,16,29H,10-13,15H2,1-3H3. The van der Waals surface area contributed by atoms with Crippen LogP contribution in [0.4, 0.5) is 10.5 Å². The maximum atomic E-state index is 12.3. The van der Waals surface area contributed by atoms with Gasteiger partial charge in [0.05, 0.1) is 6.54 Å². The fraction of sp³-hybridized carbons (Fsp3) is 0.375. The zero-order valence-corrected chi connectivity index (χ0v) is 19.7. The number of amides is 1. The Morgan fingerprint density at radius 2 is 1.74 bits per heavy atom. The summed E-state index contributed by atoms with van der Waals surface area (Å²) in [6.07, 6.45) is 1.72. The highest BCUT2D eigenvalue weighted by Crippen LogP contribution is 2.32. The van der Waals surface area contributed by atoms with Crippen LogP contribution in [0.1, 0.15) is 26.3 Å². The van der Waals surface area contributed by atoms with E-state index in [0.717, 1.165) is 39.6 Å². The van der Waals surface area contributed by atoms with Crippen molar-refractivity contribution >= 4 is 38.5 Å². The number of aromatic hydroxyl groups is 1. The second-order valence-corrected chi connectivity index (χ2v) is 9.85. The van der Waals surface area contributed by atoms with E-state index in [4.69, 9.17) is 4.74 Å². The predicted octanol–water partition coefficient (Wildman–Crippen LogP) is 5.21. The van der Waals surface area contributed by atoms with Crippen molar-refractivity contribution in [2.75, 3.05) is 31.1 Å². The molecular formula is C24H28BrN3O3. The van der Waals surface area contributed by atoms with Gasteiger partial charge in [0.15, 0.2) is 5.88 Å². The van der Waals surface area contributed by atoms with Crippen LogP contribution in [0.3, 0.4) is 0 Å². The molecule has 0 atom stereocenters. The zero-order valence-electron chi connectivity index (χ0n) is 18.1. The highest BCUT2D eigenvalue weighted by Gasteiger charge is 2.26. The van der Waals surface area contributed by atoms with E-state index in [1.54, 1.807) is 4.90 Å². The highest BCUT2D eigenvalue weighted by molar-refractivity contribution is 9.10. The molecule has 7 heteroatoms. The number of fused-ring (bicyclic) bond motifs is 1. The van der Waals surface area contributed by atoms with Crippen LogP contribution in [-0.4, -0.2) is 52.4 Å². The Morgan fingerprint density at radius 1 is 1.06 bits per heavy atom. The lowest BCUT2D eigenvalue weighted by Gasteiger charge is -2.36. The van der Waals surface area contributed by atoms with E-state index in [0.29, 0.717) is 19.6 Å². The minimum absolute atomic E-state index is 0.259. The molecule has 1 saturated heterocycles. The highest BCUT2D eigenvalue weighted by atomic mass is 79.9. The van der Waals surface area contributed by atoms with Gasteiger partial charge in [-0.25, -0.2) is 4.79 Å². The number of nitrogens with zero attached hydrogens (tertiary/aromatic N) is 3. The lowest BCUT2D eigenvalue weighted by atomic mass is 10.1. The first-order chi connectivity index (χ1) is 14.7. The second kappa shape index (κ2) is 8.46. The van der Waals surface area contributed by atoms with Gasteiger partial charge >= 0.3 is 6.09 Å². The minimum atomic E-state index is -0.486. The van der Waals surface area contributed by atoms with Gasteiger partial charge in [0.1, 0.15) is 5.60 Å². The summed E-state index contributed by atoms with van der Waals surface area (Å²) in [4.78, 5) is 16.3. The Bertz CT molecular complexity index is 1080. The quantitative estimate of drug-likeness (QED) is 0.552. The minimum Gasteiger partial charge on any atom is -0.494 e. The number of hydrogen-bond donors (Lipinski definition) is 1. The van der Waals surface area contributed by atoms with Crippen LogP contribution in [0.15, 0.2) is 53.1 Å². The molecule has 1 amide bonds. The Hall–Kier alpha value is -2.67. The number of rotatable bonds is 3. The largest absolute Gasteiger partial charge is 0.494 e. The number of hydrogen-bond acceptors (Lipinski definition) is 4. The van der Waals surface area contributed by atoms with E-state index in [9.17, 15) is 9.90 Å². The third-order valence-corrected chi connectivity index (χ3v) is 5.94. The number of ether oxygens (including phenoxy) is 1. The second-order valence-electron chi connectivity index (χ2n) is 8.93. The molecule has 1 fully saturated rings. The van der Waals surface area contributed by atoms with Crippen LogP contribution in [0.5, 0.6) is 5.88 Å². The lowest BCUT2D eigenvalue weighted by molar-refractivity contribution is 0.0240. The van der Waals surface area contributed by atoms with E-state index >= 15 is 0 Å². The average Bonchev–Trinajstić information content (AvgIpc) is 3.03. The SMILES string of the molecule is CC(C)(C)OC(=O)N1CCN(c2ccc3cn(Cc4ccc(Br)cc4)c(O)c3c2)CC1. The van der Waals surface area contributed by atoms with Crippen LogP contribution in [-0.2, 0) is 11.3 Å². The van der Waals surface area contributed by atoms with Crippen LogP contribution in [0.25, 0.3) is 10.8 Å². The van der Waals surface area contributed by atoms with Crippen molar-refractivity contribution in [3.63, 3.8) is 0 Å². The summed E-state index contributed by atoms with van der Waals surface area (Å²) in [5.41, 5.74) is 1.69. The molecule has 164 valence electrons. The molecule has 1 aliphatic rings. The molecule has 0 saturated carbocycles. The number of carbonyl (C=O) groups is 1. The van der Waals surface area contributed by atoms with E-state index in [-0.39, 0.29) is 12.0 Å². The van der Waals surface area contributed by atoms with Crippen molar-refractivity contribution in [1.29, 1.82) is 0 Å². The Kier molecular flexibility index (Phi) is 5.88. The summed E-state index contributed by atoms with van der Waals surface area (Å²) < 4.78 is 8.39. The van der Waals surface area contributed by atoms with Gasteiger partial charge in [-0.2, -0.15) is 0 Å². The molecule has 0 radical (unpaired) electrons. The van der Waals surface area contributed by atoms with Crippen LogP contribution in [0.2, 0.25) is 0 Å². The first-order valence-electron chi connectivity index (χ1n) is 10.5. The smallest absolute Gasteiger partial charge is 0.410 e. The van der Waals surface area contributed by atoms with E-state index in [2.05, 4.69) is 26.9 Å². The zero-order chi connectivity index (χ0) is 22.2. The van der Waals surface area contributed by atoms with Crippen molar-refractivity contribution in [3.05, 3.63) is 58.7 Å². The van der Waals surface area contributed by atoms with Gasteiger partial charge in [0.2, 0.25) is 0 Å². The Labute approximate surface area is 191 Å². The summed E-state index contributed by atoms with van der Waals surface area (Å²) in [6.45, 7) is 8.93. The topological polar surface area (TPSA) is 57.9 Å². The van der Waals surface area contributed by atoms with Gasteiger partial charge in [0, 0.05) is 53.3 Å². The maximum absolute atomic E-state index is 12.3. The van der Waals surface area contributed by atoms with Crippen molar-refractivity contribution in [2.24, 2.45) is 0 Å². The summed E-state index contributed by atoms with van der Waals surface area (Å²) in [7, 11) is 0. The van der Waals surface area contributed by atoms with Gasteiger partial charge in [-0.1, -0.05) is 34.1 Å². The molecule has 0 bridgehead atoms. The lowest BCUT2D eigenvalue weighted by Crippen LogP contribution is -2.50. The molecule has 31 heavy (non-hydrogen) atoms. The van der Waals surface area contributed by atoms with Crippen molar-refractivity contribution < 1.29 is 14.6 Å². The van der Waals surface area contributed by atoms with Crippen LogP contribution >= 0.6 is 15.9 Å². The van der Waals surface area contributed by atoms with Crippen LogP contribution < -0.4 is 4.90 Å². The fourth-order valence-electron chi connectivity index (χ4n) is 3.81. The number of carbonyl (C=O) groups excluding carboxylic acids is 1. The molecule has 1 aliphatic heterocycles. The summed E-state index contributed by atoms with van der Waals surface area (Å²) in [5.74, 6) is 0.271. The molecule has 0 spiro atoms. The average molecular weight is 486 g/mol. The predicted molar refractivity (Wildman–Crippen MR) is 127 cm³/mol. The van der Waals surface area contributed by atoms with Crippen molar-refractivity contribution in [3.8, 4) is 5.88 Å². The number of benzene rings is 2. The van der Waals surface area contributed by atoms with Gasteiger partial charge < -0.3 is 24.2 Å². The van der Waals surface area contributed by atoms with Crippen LogP contribution in [0, 0.1) is 0 Å². The number of anilines is 1. The summed E-state index contributed by atoms with van der Waals surface area (Å²) >= 11 is 3.45. The van der Waals surface area contributed by atoms with E-state index in [1.807, 2.05) is 67.9 Å². The molecule has 3 aromatic rings. The summed E-state index contributed by atoms with van der Waals surface area (Å²) in [5, 5.41) is 12.7. The van der Waals surface area contributed by atoms with Crippen molar-refractivity contribution in [1.82, 2.24) is 9.47 Å². The molecule has 0 aliphatic carbocycles. The fourth-order valence-corrected chi connectivity index (χ4v) is 4.08. The van der Waals surface area contributed by atoms with Gasteiger partial charge in [0.25, 0.3) is 0 Å². The van der Waals surface area contributed by atoms with Gasteiger partial charge in [-0.05, 0) is 50.6 Å². The molecule has 1 N–H and O–H groups in total. The third kappa shape index (κ3) is 4.98.